The van der Waals surface area contributed by atoms with Crippen LogP contribution in [0.4, 0.5) is 4.39 Å². The predicted molar refractivity (Wildman–Crippen MR) is 67.4 cm³/mol. The number of sulfonamides is 1. The van der Waals surface area contributed by atoms with Crippen molar-refractivity contribution in [1.82, 2.24) is 10.0 Å². The van der Waals surface area contributed by atoms with Crippen molar-refractivity contribution in [1.29, 1.82) is 0 Å². The zero-order chi connectivity index (χ0) is 12.2. The first kappa shape index (κ1) is 16.3. The number of hydrogen-bond donors (Lipinski definition) is 2. The Morgan fingerprint density at radius 2 is 2.06 bits per heavy atom. The van der Waals surface area contributed by atoms with Crippen molar-refractivity contribution >= 4 is 22.4 Å². The maximum atomic E-state index is 12.9. The molecule has 2 N–H and O–H groups in total. The van der Waals surface area contributed by atoms with E-state index in [1.165, 1.54) is 18.2 Å². The molecule has 0 bridgehead atoms. The van der Waals surface area contributed by atoms with Gasteiger partial charge in [-0.15, -0.1) is 12.4 Å². The van der Waals surface area contributed by atoms with Gasteiger partial charge in [-0.25, -0.2) is 17.5 Å². The second-order valence-corrected chi connectivity index (χ2v) is 5.27. The molecule has 7 heteroatoms. The molecule has 0 aliphatic carbocycles. The monoisotopic (exact) mass is 282 g/mol. The zero-order valence-corrected chi connectivity index (χ0v) is 11.2. The summed E-state index contributed by atoms with van der Waals surface area (Å²) in [6.45, 7) is 2.10. The maximum Gasteiger partial charge on any atom is 0.240 e. The second-order valence-electron chi connectivity index (χ2n) is 3.50. The molecule has 1 aromatic rings. The second kappa shape index (κ2) is 6.90. The minimum Gasteiger partial charge on any atom is -0.316 e. The summed E-state index contributed by atoms with van der Waals surface area (Å²) < 4.78 is 38.7. The van der Waals surface area contributed by atoms with E-state index in [1.54, 1.807) is 7.05 Å². The Kier molecular flexibility index (Phi) is 6.62. The Morgan fingerprint density at radius 1 is 1.41 bits per heavy atom. The molecule has 0 fully saturated rings. The van der Waals surface area contributed by atoms with Crippen molar-refractivity contribution in [2.24, 2.45) is 0 Å². The van der Waals surface area contributed by atoms with E-state index in [1.807, 2.05) is 6.92 Å². The number of nitrogens with one attached hydrogen (secondary N) is 2. The highest BCUT2D eigenvalue weighted by molar-refractivity contribution is 7.89. The van der Waals surface area contributed by atoms with Gasteiger partial charge < -0.3 is 5.32 Å². The molecule has 0 radical (unpaired) electrons. The topological polar surface area (TPSA) is 58.2 Å². The molecule has 1 aromatic carbocycles. The van der Waals surface area contributed by atoms with Crippen LogP contribution < -0.4 is 10.0 Å². The van der Waals surface area contributed by atoms with Gasteiger partial charge in [-0.3, -0.25) is 0 Å². The van der Waals surface area contributed by atoms with Gasteiger partial charge in [0.15, 0.2) is 0 Å². The van der Waals surface area contributed by atoms with Crippen LogP contribution in [0.5, 0.6) is 0 Å². The Morgan fingerprint density at radius 3 is 2.59 bits per heavy atom. The summed E-state index contributed by atoms with van der Waals surface area (Å²) >= 11 is 0. The van der Waals surface area contributed by atoms with E-state index in [-0.39, 0.29) is 29.9 Å². The molecule has 1 atom stereocenters. The third kappa shape index (κ3) is 4.99. The summed E-state index contributed by atoms with van der Waals surface area (Å²) in [5.41, 5.74) is 0. The molecule has 0 spiro atoms. The number of likely N-dealkylation sites (N-methyl/N-ethyl adjacent to an activating group) is 1. The van der Waals surface area contributed by atoms with Crippen LogP contribution in [0, 0.1) is 5.82 Å². The quantitative estimate of drug-likeness (QED) is 0.851. The summed E-state index contributed by atoms with van der Waals surface area (Å²) in [6, 6.07) is 4.94. The van der Waals surface area contributed by atoms with E-state index in [2.05, 4.69) is 10.0 Å². The first-order valence-electron chi connectivity index (χ1n) is 4.88. The molecule has 0 saturated carbocycles. The maximum absolute atomic E-state index is 12.9. The van der Waals surface area contributed by atoms with Crippen LogP contribution in [0.2, 0.25) is 0 Å². The highest BCUT2D eigenvalue weighted by atomic mass is 35.5. The number of rotatable bonds is 5. The normalized spacial score (nSPS) is 12.9. The molecule has 17 heavy (non-hydrogen) atoms. The van der Waals surface area contributed by atoms with Crippen molar-refractivity contribution in [2.45, 2.75) is 17.9 Å². The van der Waals surface area contributed by atoms with Crippen LogP contribution in [0.3, 0.4) is 0 Å². The van der Waals surface area contributed by atoms with Crippen molar-refractivity contribution in [2.75, 3.05) is 13.6 Å². The van der Waals surface area contributed by atoms with E-state index in [4.69, 9.17) is 0 Å². The first-order valence-corrected chi connectivity index (χ1v) is 6.36. The molecule has 0 heterocycles. The fourth-order valence-corrected chi connectivity index (χ4v) is 2.22. The van der Waals surface area contributed by atoms with Crippen molar-refractivity contribution in [3.05, 3.63) is 30.1 Å². The average molecular weight is 283 g/mol. The van der Waals surface area contributed by atoms with Crippen molar-refractivity contribution < 1.29 is 12.8 Å². The Hall–Kier alpha value is -0.690. The Balaban J connectivity index is 0.00000256. The van der Waals surface area contributed by atoms with Gasteiger partial charge in [-0.1, -0.05) is 6.07 Å². The summed E-state index contributed by atoms with van der Waals surface area (Å²) in [7, 11) is -1.88. The van der Waals surface area contributed by atoms with Crippen LogP contribution in [-0.2, 0) is 10.0 Å². The summed E-state index contributed by atoms with van der Waals surface area (Å²) in [5.74, 6) is -0.565. The lowest BCUT2D eigenvalue weighted by molar-refractivity contribution is 0.552. The lowest BCUT2D eigenvalue weighted by atomic mass is 10.3. The highest BCUT2D eigenvalue weighted by Crippen LogP contribution is 2.09. The van der Waals surface area contributed by atoms with Gasteiger partial charge in [0.2, 0.25) is 10.0 Å². The highest BCUT2D eigenvalue weighted by Gasteiger charge is 2.14. The SMILES string of the molecule is CNC(C)CNS(=O)(=O)c1cccc(F)c1.Cl. The van der Waals surface area contributed by atoms with E-state index < -0.39 is 15.8 Å². The standard InChI is InChI=1S/C10H15FN2O2S.ClH/c1-8(12-2)7-13-16(14,15)10-5-3-4-9(11)6-10;/h3-6,8,12-13H,7H2,1-2H3;1H. The van der Waals surface area contributed by atoms with Crippen LogP contribution in [0.1, 0.15) is 6.92 Å². The third-order valence-corrected chi connectivity index (χ3v) is 3.60. The van der Waals surface area contributed by atoms with Crippen LogP contribution in [-0.4, -0.2) is 28.1 Å². The number of benzene rings is 1. The lowest BCUT2D eigenvalue weighted by Crippen LogP contribution is -2.37. The van der Waals surface area contributed by atoms with Gasteiger partial charge in [0.25, 0.3) is 0 Å². The Labute approximate surface area is 107 Å². The molecule has 1 rings (SSSR count). The van der Waals surface area contributed by atoms with E-state index in [0.29, 0.717) is 0 Å². The van der Waals surface area contributed by atoms with Crippen LogP contribution >= 0.6 is 12.4 Å². The van der Waals surface area contributed by atoms with Gasteiger partial charge in [0, 0.05) is 12.6 Å². The van der Waals surface area contributed by atoms with E-state index >= 15 is 0 Å². The molecule has 0 saturated heterocycles. The minimum atomic E-state index is -3.62. The van der Waals surface area contributed by atoms with Crippen molar-refractivity contribution in [3.8, 4) is 0 Å². The molecular formula is C10H16ClFN2O2S. The van der Waals surface area contributed by atoms with E-state index in [0.717, 1.165) is 6.07 Å². The summed E-state index contributed by atoms with van der Waals surface area (Å²) in [5, 5.41) is 2.90. The largest absolute Gasteiger partial charge is 0.316 e. The third-order valence-electron chi connectivity index (χ3n) is 2.18. The van der Waals surface area contributed by atoms with Gasteiger partial charge in [0.05, 0.1) is 4.90 Å². The van der Waals surface area contributed by atoms with Crippen LogP contribution in [0.15, 0.2) is 29.2 Å². The van der Waals surface area contributed by atoms with Crippen molar-refractivity contribution in [3.63, 3.8) is 0 Å². The first-order chi connectivity index (χ1) is 7.45. The fraction of sp³-hybridized carbons (Fsp3) is 0.400. The predicted octanol–water partition coefficient (Wildman–Crippen LogP) is 1.13. The van der Waals surface area contributed by atoms with Gasteiger partial charge in [-0.05, 0) is 32.2 Å². The molecule has 0 aromatic heterocycles. The molecule has 0 amide bonds. The lowest BCUT2D eigenvalue weighted by Gasteiger charge is -2.11. The van der Waals surface area contributed by atoms with Crippen LogP contribution in [0.25, 0.3) is 0 Å². The molecule has 0 aliphatic heterocycles. The van der Waals surface area contributed by atoms with Gasteiger partial charge in [0.1, 0.15) is 5.82 Å². The molecule has 98 valence electrons. The fourth-order valence-electron chi connectivity index (χ4n) is 1.05. The summed E-state index contributed by atoms with van der Waals surface area (Å²) in [4.78, 5) is -0.0594. The summed E-state index contributed by atoms with van der Waals surface area (Å²) in [6.07, 6.45) is 0. The molecular weight excluding hydrogens is 267 g/mol. The number of halogens is 2. The van der Waals surface area contributed by atoms with E-state index in [9.17, 15) is 12.8 Å². The smallest absolute Gasteiger partial charge is 0.240 e. The molecule has 1 unspecified atom stereocenters. The number of hydrogen-bond acceptors (Lipinski definition) is 3. The molecule has 4 nitrogen and oxygen atoms in total. The van der Waals surface area contributed by atoms with Gasteiger partial charge in [-0.2, -0.15) is 0 Å². The van der Waals surface area contributed by atoms with Gasteiger partial charge >= 0.3 is 0 Å². The Bertz CT molecular complexity index is 453. The molecule has 0 aliphatic rings. The zero-order valence-electron chi connectivity index (χ0n) is 9.60. The minimum absolute atomic E-state index is 0. The average Bonchev–Trinajstić information content (AvgIpc) is 2.26.